The normalized spacial score (nSPS) is 16.9. The summed E-state index contributed by atoms with van der Waals surface area (Å²) in [4.78, 5) is 29.3. The molecule has 0 atom stereocenters. The number of methoxy groups -OCH3 is 1. The zero-order valence-electron chi connectivity index (χ0n) is 12.7. The zero-order chi connectivity index (χ0) is 15.6. The van der Waals surface area contributed by atoms with Crippen molar-refractivity contribution in [3.8, 4) is 5.75 Å². The molecule has 0 radical (unpaired) electrons. The fourth-order valence-corrected chi connectivity index (χ4v) is 2.17. The lowest BCUT2D eigenvalue weighted by Crippen LogP contribution is -2.32. The van der Waals surface area contributed by atoms with Crippen LogP contribution in [-0.2, 0) is 4.79 Å². The van der Waals surface area contributed by atoms with Crippen LogP contribution in [-0.4, -0.2) is 49.5 Å². The third kappa shape index (κ3) is 2.69. The second kappa shape index (κ2) is 5.87. The number of hydrogen-bond donors (Lipinski definition) is 0. The first-order chi connectivity index (χ1) is 9.99. The molecule has 0 aromatic heterocycles. The third-order valence-electron chi connectivity index (χ3n) is 3.16. The van der Waals surface area contributed by atoms with Gasteiger partial charge in [0.25, 0.3) is 5.91 Å². The van der Waals surface area contributed by atoms with Crippen LogP contribution in [0.4, 0.5) is 10.5 Å². The van der Waals surface area contributed by atoms with Crippen molar-refractivity contribution in [1.29, 1.82) is 0 Å². The van der Waals surface area contributed by atoms with Crippen LogP contribution in [0, 0.1) is 0 Å². The number of anilines is 1. The molecule has 0 N–H and O–H groups in total. The number of imide groups is 1. The van der Waals surface area contributed by atoms with Gasteiger partial charge in [-0.2, -0.15) is 0 Å². The minimum Gasteiger partial charge on any atom is -0.497 e. The van der Waals surface area contributed by atoms with Gasteiger partial charge in [-0.1, -0.05) is 0 Å². The predicted octanol–water partition coefficient (Wildman–Crippen LogP) is 1.89. The van der Waals surface area contributed by atoms with Crippen LogP contribution in [0.1, 0.15) is 6.92 Å². The average Bonchev–Trinajstić information content (AvgIpc) is 2.69. The highest BCUT2D eigenvalue weighted by Gasteiger charge is 2.41. The number of amides is 3. The van der Waals surface area contributed by atoms with Crippen LogP contribution in [0.5, 0.6) is 5.75 Å². The number of carbonyl (C=O) groups excluding carboxylic acids is 2. The summed E-state index contributed by atoms with van der Waals surface area (Å²) in [5.41, 5.74) is 0.912. The van der Waals surface area contributed by atoms with Crippen molar-refractivity contribution in [2.45, 2.75) is 6.92 Å². The van der Waals surface area contributed by atoms with Crippen LogP contribution in [0.15, 0.2) is 36.2 Å². The molecule has 6 heteroatoms. The smallest absolute Gasteiger partial charge is 0.336 e. The maximum Gasteiger partial charge on any atom is 0.336 e. The molecule has 1 aliphatic heterocycles. The molecule has 0 unspecified atom stereocenters. The Bertz CT molecular complexity index is 578. The van der Waals surface area contributed by atoms with Gasteiger partial charge in [0.1, 0.15) is 11.4 Å². The minimum atomic E-state index is -0.333. The van der Waals surface area contributed by atoms with Crippen LogP contribution < -0.4 is 9.64 Å². The number of rotatable bonds is 4. The molecule has 1 heterocycles. The quantitative estimate of drug-likeness (QED) is 0.627. The lowest BCUT2D eigenvalue weighted by Gasteiger charge is -2.15. The molecular weight excluding hydrogens is 270 g/mol. The second-order valence-corrected chi connectivity index (χ2v) is 4.84. The molecule has 1 aliphatic rings. The van der Waals surface area contributed by atoms with Gasteiger partial charge in [-0.15, -0.1) is 0 Å². The average molecular weight is 289 g/mol. The van der Waals surface area contributed by atoms with Gasteiger partial charge in [0.15, 0.2) is 0 Å². The number of urea groups is 1. The number of hydrogen-bond acceptors (Lipinski definition) is 4. The van der Waals surface area contributed by atoms with Crippen molar-refractivity contribution < 1.29 is 14.3 Å². The van der Waals surface area contributed by atoms with E-state index in [1.807, 2.05) is 21.0 Å². The van der Waals surface area contributed by atoms with Gasteiger partial charge in [-0.05, 0) is 31.2 Å². The summed E-state index contributed by atoms with van der Waals surface area (Å²) >= 11 is 0. The largest absolute Gasteiger partial charge is 0.497 e. The molecule has 0 spiro atoms. The van der Waals surface area contributed by atoms with E-state index in [9.17, 15) is 9.59 Å². The first-order valence-electron chi connectivity index (χ1n) is 6.67. The van der Waals surface area contributed by atoms with E-state index in [1.54, 1.807) is 42.5 Å². The van der Waals surface area contributed by atoms with E-state index < -0.39 is 0 Å². The summed E-state index contributed by atoms with van der Waals surface area (Å²) < 4.78 is 5.08. The van der Waals surface area contributed by atoms with E-state index in [0.29, 0.717) is 23.7 Å². The highest BCUT2D eigenvalue weighted by atomic mass is 16.5. The Morgan fingerprint density at radius 2 is 1.81 bits per heavy atom. The van der Waals surface area contributed by atoms with E-state index in [2.05, 4.69) is 0 Å². The lowest BCUT2D eigenvalue weighted by atomic mass is 10.2. The van der Waals surface area contributed by atoms with Gasteiger partial charge in [0.2, 0.25) is 0 Å². The minimum absolute atomic E-state index is 0.319. The van der Waals surface area contributed by atoms with Gasteiger partial charge in [-0.3, -0.25) is 9.69 Å². The zero-order valence-corrected chi connectivity index (χ0v) is 12.7. The number of ether oxygens (including phenoxy) is 1. The van der Waals surface area contributed by atoms with Crippen molar-refractivity contribution in [3.05, 3.63) is 36.2 Å². The Balaban J connectivity index is 2.40. The molecule has 0 aliphatic carbocycles. The first kappa shape index (κ1) is 14.9. The Labute approximate surface area is 124 Å². The summed E-state index contributed by atoms with van der Waals surface area (Å²) in [6.45, 7) is 2.28. The fourth-order valence-electron chi connectivity index (χ4n) is 2.17. The van der Waals surface area contributed by atoms with Crippen molar-refractivity contribution >= 4 is 17.6 Å². The SMILES string of the molecule is CCN1C(=O)N(c2ccc(OC)cc2)C(=O)C1=CN(C)C. The molecule has 0 bridgehead atoms. The van der Waals surface area contributed by atoms with Gasteiger partial charge in [0, 0.05) is 26.8 Å². The Morgan fingerprint density at radius 3 is 2.29 bits per heavy atom. The monoisotopic (exact) mass is 289 g/mol. The van der Waals surface area contributed by atoms with Crippen molar-refractivity contribution in [2.24, 2.45) is 0 Å². The topological polar surface area (TPSA) is 53.1 Å². The molecule has 2 rings (SSSR count). The second-order valence-electron chi connectivity index (χ2n) is 4.84. The Morgan fingerprint density at radius 1 is 1.19 bits per heavy atom. The molecule has 112 valence electrons. The van der Waals surface area contributed by atoms with E-state index in [4.69, 9.17) is 4.74 Å². The summed E-state index contributed by atoms with van der Waals surface area (Å²) in [6.07, 6.45) is 1.66. The van der Waals surface area contributed by atoms with Gasteiger partial charge in [-0.25, -0.2) is 9.69 Å². The highest BCUT2D eigenvalue weighted by Crippen LogP contribution is 2.28. The van der Waals surface area contributed by atoms with Crippen LogP contribution in [0.2, 0.25) is 0 Å². The summed E-state index contributed by atoms with van der Waals surface area (Å²) in [5, 5.41) is 0. The molecule has 3 amide bonds. The Hall–Kier alpha value is -2.50. The number of likely N-dealkylation sites (N-methyl/N-ethyl adjacent to an activating group) is 1. The first-order valence-corrected chi connectivity index (χ1v) is 6.67. The fraction of sp³-hybridized carbons (Fsp3) is 0.333. The van der Waals surface area contributed by atoms with E-state index in [-0.39, 0.29) is 11.9 Å². The summed E-state index contributed by atoms with van der Waals surface area (Å²) in [5.74, 6) is 0.356. The number of nitrogens with zero attached hydrogens (tertiary/aromatic N) is 3. The van der Waals surface area contributed by atoms with E-state index in [1.165, 1.54) is 9.80 Å². The standard InChI is InChI=1S/C15H19N3O3/c1-5-17-13(10-16(2)3)14(19)18(15(17)20)11-6-8-12(21-4)9-7-11/h6-10H,5H2,1-4H3. The maximum atomic E-state index is 12.5. The molecule has 0 saturated carbocycles. The van der Waals surface area contributed by atoms with Crippen LogP contribution in [0.25, 0.3) is 0 Å². The Kier molecular flexibility index (Phi) is 4.16. The molecule has 6 nitrogen and oxygen atoms in total. The van der Waals surface area contributed by atoms with Crippen LogP contribution >= 0.6 is 0 Å². The maximum absolute atomic E-state index is 12.5. The van der Waals surface area contributed by atoms with E-state index >= 15 is 0 Å². The third-order valence-corrected chi connectivity index (χ3v) is 3.16. The molecular formula is C15H19N3O3. The van der Waals surface area contributed by atoms with Crippen molar-refractivity contribution in [1.82, 2.24) is 9.80 Å². The molecule has 1 aromatic carbocycles. The summed E-state index contributed by atoms with van der Waals surface area (Å²) in [7, 11) is 5.20. The molecule has 1 saturated heterocycles. The van der Waals surface area contributed by atoms with Crippen molar-refractivity contribution in [2.75, 3.05) is 32.6 Å². The molecule has 1 aromatic rings. The number of benzene rings is 1. The summed E-state index contributed by atoms with van der Waals surface area (Å²) in [6, 6.07) is 6.50. The molecule has 1 fully saturated rings. The van der Waals surface area contributed by atoms with Crippen molar-refractivity contribution in [3.63, 3.8) is 0 Å². The highest BCUT2D eigenvalue weighted by molar-refractivity contribution is 6.26. The van der Waals surface area contributed by atoms with Gasteiger partial charge >= 0.3 is 6.03 Å². The lowest BCUT2D eigenvalue weighted by molar-refractivity contribution is -0.114. The molecule has 21 heavy (non-hydrogen) atoms. The van der Waals surface area contributed by atoms with Gasteiger partial charge < -0.3 is 9.64 Å². The number of carbonyl (C=O) groups is 2. The van der Waals surface area contributed by atoms with Crippen LogP contribution in [0.3, 0.4) is 0 Å². The van der Waals surface area contributed by atoms with Gasteiger partial charge in [0.05, 0.1) is 12.8 Å². The predicted molar refractivity (Wildman–Crippen MR) is 80.0 cm³/mol. The van der Waals surface area contributed by atoms with E-state index in [0.717, 1.165) is 0 Å².